The third kappa shape index (κ3) is 5.23. The largest absolute Gasteiger partial charge is 0.394 e. The van der Waals surface area contributed by atoms with Crippen LogP contribution in [0.1, 0.15) is 21.2 Å². The molecule has 35 heavy (non-hydrogen) atoms. The van der Waals surface area contributed by atoms with E-state index in [2.05, 4.69) is 5.32 Å². The number of aliphatic hydroxyl groups excluding tert-OH is 4. The van der Waals surface area contributed by atoms with Gasteiger partial charge in [0, 0.05) is 10.6 Å². The Balaban J connectivity index is 1.68. The van der Waals surface area contributed by atoms with Gasteiger partial charge in [-0.15, -0.1) is 0 Å². The summed E-state index contributed by atoms with van der Waals surface area (Å²) in [5.41, 5.74) is 1.02. The molecule has 2 saturated heterocycles. The van der Waals surface area contributed by atoms with Crippen molar-refractivity contribution in [3.8, 4) is 0 Å². The molecule has 0 aromatic heterocycles. The van der Waals surface area contributed by atoms with Gasteiger partial charge in [-0.2, -0.15) is 0 Å². The summed E-state index contributed by atoms with van der Waals surface area (Å²) in [6.07, 6.45) is -7.72. The SMILES string of the molecule is O=C(N[C@H]1C(=O)N([C@@H]2O[C@H](CO)[C@@H](O)[C@H](O)[C@H]2O)C(=S)S[C@H]1c1ccc(Cl)cc1)c1ccccc1. The molecule has 5 N–H and O–H groups in total. The van der Waals surface area contributed by atoms with Crippen molar-refractivity contribution in [1.82, 2.24) is 10.2 Å². The van der Waals surface area contributed by atoms with Crippen LogP contribution in [-0.4, -0.2) is 84.8 Å². The number of carbonyl (C=O) groups is 2. The molecule has 2 heterocycles. The molecular formula is C23H23ClN2O7S2. The number of nitrogens with one attached hydrogen (secondary N) is 1. The van der Waals surface area contributed by atoms with Crippen LogP contribution in [0.15, 0.2) is 54.6 Å². The first kappa shape index (κ1) is 26.0. The molecular weight excluding hydrogens is 516 g/mol. The zero-order chi connectivity index (χ0) is 25.3. The fraction of sp³-hybridized carbons (Fsp3) is 0.348. The molecule has 2 aromatic rings. The molecule has 2 aromatic carbocycles. The van der Waals surface area contributed by atoms with Crippen LogP contribution in [0.25, 0.3) is 0 Å². The van der Waals surface area contributed by atoms with Crippen molar-refractivity contribution in [1.29, 1.82) is 0 Å². The summed E-state index contributed by atoms with van der Waals surface area (Å²) >= 11 is 12.6. The van der Waals surface area contributed by atoms with Crippen molar-refractivity contribution in [2.45, 2.75) is 41.9 Å². The van der Waals surface area contributed by atoms with E-state index in [1.165, 1.54) is 0 Å². The Morgan fingerprint density at radius 1 is 1.06 bits per heavy atom. The van der Waals surface area contributed by atoms with Crippen molar-refractivity contribution in [2.75, 3.05) is 6.61 Å². The van der Waals surface area contributed by atoms with Gasteiger partial charge in [-0.1, -0.05) is 65.9 Å². The third-order valence-corrected chi connectivity index (χ3v) is 7.81. The number of benzene rings is 2. The fourth-order valence-electron chi connectivity index (χ4n) is 3.99. The van der Waals surface area contributed by atoms with E-state index in [4.69, 9.17) is 28.6 Å². The number of hydrogen-bond acceptors (Lipinski definition) is 9. The maximum absolute atomic E-state index is 13.8. The molecule has 2 aliphatic rings. The summed E-state index contributed by atoms with van der Waals surface area (Å²) in [6, 6.07) is 14.0. The molecule has 12 heteroatoms. The minimum atomic E-state index is -1.71. The quantitative estimate of drug-likeness (QED) is 0.350. The van der Waals surface area contributed by atoms with E-state index in [-0.39, 0.29) is 4.32 Å². The van der Waals surface area contributed by atoms with Crippen molar-refractivity contribution < 1.29 is 34.8 Å². The van der Waals surface area contributed by atoms with E-state index < -0.39 is 60.4 Å². The highest BCUT2D eigenvalue weighted by molar-refractivity contribution is 8.23. The van der Waals surface area contributed by atoms with Gasteiger partial charge in [0.05, 0.1) is 11.9 Å². The predicted molar refractivity (Wildman–Crippen MR) is 133 cm³/mol. The number of nitrogens with zero attached hydrogens (tertiary/aromatic N) is 1. The third-order valence-electron chi connectivity index (χ3n) is 5.87. The van der Waals surface area contributed by atoms with Gasteiger partial charge in [-0.25, -0.2) is 0 Å². The minimum Gasteiger partial charge on any atom is -0.394 e. The molecule has 0 aliphatic carbocycles. The van der Waals surface area contributed by atoms with E-state index >= 15 is 0 Å². The molecule has 2 amide bonds. The summed E-state index contributed by atoms with van der Waals surface area (Å²) in [5, 5.41) is 43.1. The van der Waals surface area contributed by atoms with Crippen molar-refractivity contribution in [3.05, 3.63) is 70.7 Å². The highest BCUT2D eigenvalue weighted by atomic mass is 35.5. The van der Waals surface area contributed by atoms with Crippen LogP contribution in [0.2, 0.25) is 5.02 Å². The Kier molecular flexibility index (Phi) is 8.09. The lowest BCUT2D eigenvalue weighted by Crippen LogP contribution is -2.67. The van der Waals surface area contributed by atoms with Gasteiger partial charge in [0.15, 0.2) is 6.23 Å². The normalized spacial score (nSPS) is 31.3. The number of rotatable bonds is 5. The van der Waals surface area contributed by atoms with Crippen LogP contribution < -0.4 is 5.32 Å². The number of hydrogen-bond donors (Lipinski definition) is 5. The van der Waals surface area contributed by atoms with Crippen LogP contribution in [0.5, 0.6) is 0 Å². The van der Waals surface area contributed by atoms with Crippen LogP contribution in [0.3, 0.4) is 0 Å². The predicted octanol–water partition coefficient (Wildman–Crippen LogP) is 0.840. The van der Waals surface area contributed by atoms with E-state index in [1.807, 2.05) is 0 Å². The highest BCUT2D eigenvalue weighted by Crippen LogP contribution is 2.41. The molecule has 2 aliphatic heterocycles. The number of halogens is 1. The zero-order valence-corrected chi connectivity index (χ0v) is 20.5. The first-order valence-electron chi connectivity index (χ1n) is 10.7. The average molecular weight is 539 g/mol. The highest BCUT2D eigenvalue weighted by Gasteiger charge is 2.52. The number of amides is 2. The Labute approximate surface area is 215 Å². The van der Waals surface area contributed by atoms with Crippen LogP contribution in [0.4, 0.5) is 0 Å². The van der Waals surface area contributed by atoms with Gasteiger partial charge < -0.3 is 30.5 Å². The maximum Gasteiger partial charge on any atom is 0.254 e. The van der Waals surface area contributed by atoms with Gasteiger partial charge in [-0.05, 0) is 29.8 Å². The lowest BCUT2D eigenvalue weighted by molar-refractivity contribution is -0.253. The number of thiocarbonyl (C=S) groups is 1. The van der Waals surface area contributed by atoms with Gasteiger partial charge in [0.1, 0.15) is 34.8 Å². The summed E-state index contributed by atoms with van der Waals surface area (Å²) in [6.45, 7) is -0.662. The van der Waals surface area contributed by atoms with E-state index in [0.29, 0.717) is 16.1 Å². The van der Waals surface area contributed by atoms with Crippen LogP contribution in [-0.2, 0) is 9.53 Å². The lowest BCUT2D eigenvalue weighted by Gasteiger charge is -2.47. The summed E-state index contributed by atoms with van der Waals surface area (Å²) in [7, 11) is 0. The molecule has 7 atom stereocenters. The first-order valence-corrected chi connectivity index (χ1v) is 12.3. The summed E-state index contributed by atoms with van der Waals surface area (Å²) in [4.78, 5) is 27.7. The number of aliphatic hydroxyl groups is 4. The monoisotopic (exact) mass is 538 g/mol. The lowest BCUT2D eigenvalue weighted by atomic mass is 9.97. The second-order valence-electron chi connectivity index (χ2n) is 8.10. The van der Waals surface area contributed by atoms with Gasteiger partial charge in [0.2, 0.25) is 0 Å². The molecule has 9 nitrogen and oxygen atoms in total. The summed E-state index contributed by atoms with van der Waals surface area (Å²) < 4.78 is 5.60. The molecule has 0 spiro atoms. The molecule has 0 saturated carbocycles. The summed E-state index contributed by atoms with van der Waals surface area (Å²) in [5.74, 6) is -1.17. The van der Waals surface area contributed by atoms with E-state index in [9.17, 15) is 30.0 Å². The Bertz CT molecular complexity index is 1090. The topological polar surface area (TPSA) is 140 Å². The van der Waals surface area contributed by atoms with Gasteiger partial charge >= 0.3 is 0 Å². The molecule has 0 bridgehead atoms. The first-order chi connectivity index (χ1) is 16.7. The molecule has 0 unspecified atom stereocenters. The molecule has 0 radical (unpaired) electrons. The van der Waals surface area contributed by atoms with Crippen LogP contribution >= 0.6 is 35.6 Å². The van der Waals surface area contributed by atoms with Crippen molar-refractivity contribution >= 4 is 51.7 Å². The van der Waals surface area contributed by atoms with Gasteiger partial charge in [0.25, 0.3) is 11.8 Å². The van der Waals surface area contributed by atoms with Crippen molar-refractivity contribution in [2.24, 2.45) is 0 Å². The Hall–Kier alpha value is -2.09. The van der Waals surface area contributed by atoms with Crippen molar-refractivity contribution in [3.63, 3.8) is 0 Å². The number of ether oxygens (including phenoxy) is 1. The Morgan fingerprint density at radius 2 is 1.71 bits per heavy atom. The average Bonchev–Trinajstić information content (AvgIpc) is 2.86. The van der Waals surface area contributed by atoms with Gasteiger partial charge in [-0.3, -0.25) is 14.5 Å². The second-order valence-corrected chi connectivity index (χ2v) is 10.3. The fourth-order valence-corrected chi connectivity index (χ4v) is 5.76. The van der Waals surface area contributed by atoms with E-state index in [0.717, 1.165) is 16.7 Å². The maximum atomic E-state index is 13.8. The number of carbonyl (C=O) groups excluding carboxylic acids is 2. The number of thioether (sulfide) groups is 1. The molecule has 4 rings (SSSR count). The minimum absolute atomic E-state index is 0.0319. The smallest absolute Gasteiger partial charge is 0.254 e. The Morgan fingerprint density at radius 3 is 2.34 bits per heavy atom. The molecule has 186 valence electrons. The van der Waals surface area contributed by atoms with Crippen LogP contribution in [0, 0.1) is 0 Å². The second kappa shape index (κ2) is 10.9. The standard InChI is InChI=1S/C23H23ClN2O7S2/c24-13-8-6-11(7-9-13)19-15(25-20(31)12-4-2-1-3-5-12)21(32)26(23(34)35-19)22-18(30)17(29)16(28)14(10-27)33-22/h1-9,14-19,22,27-30H,10H2,(H,25,31)/t14-,15-,16-,17+,18-,19+,22-/m1/s1. The molecule has 2 fully saturated rings. The van der Waals surface area contributed by atoms with E-state index in [1.54, 1.807) is 54.6 Å². The zero-order valence-electron chi connectivity index (χ0n) is 18.1.